The van der Waals surface area contributed by atoms with Crippen molar-refractivity contribution in [1.82, 2.24) is 4.90 Å². The number of carbonyl (C=O) groups excluding carboxylic acids is 2. The maximum absolute atomic E-state index is 14.1. The van der Waals surface area contributed by atoms with E-state index in [4.69, 9.17) is 23.2 Å². The number of nitrogens with zero attached hydrogens (tertiary/aromatic N) is 1. The second kappa shape index (κ2) is 10.9. The first kappa shape index (κ1) is 25.5. The highest BCUT2D eigenvalue weighted by atomic mass is 35.5. The molecule has 2 aromatic carbocycles. The second-order valence-corrected chi connectivity index (χ2v) is 10.3. The van der Waals surface area contributed by atoms with Crippen LogP contribution in [0.2, 0.25) is 10.0 Å². The number of piperidine rings is 1. The molecule has 0 aromatic heterocycles. The molecule has 3 nitrogen and oxygen atoms in total. The summed E-state index contributed by atoms with van der Waals surface area (Å²) in [6.07, 6.45) is 4.99. The van der Waals surface area contributed by atoms with Crippen molar-refractivity contribution in [3.05, 3.63) is 82.4 Å². The Kier molecular flexibility index (Phi) is 8.42. The molecule has 3 rings (SSSR count). The maximum atomic E-state index is 14.1. The predicted molar refractivity (Wildman–Crippen MR) is 137 cm³/mol. The van der Waals surface area contributed by atoms with Gasteiger partial charge in [-0.15, -0.1) is 6.58 Å². The fourth-order valence-electron chi connectivity index (χ4n) is 5.20. The van der Waals surface area contributed by atoms with Crippen LogP contribution in [0.3, 0.4) is 0 Å². The molecular formula is C28H33Cl2NO2. The Balaban J connectivity index is 2.20. The summed E-state index contributed by atoms with van der Waals surface area (Å²) in [5.74, 6) is 0.302. The van der Waals surface area contributed by atoms with Gasteiger partial charge in [0.15, 0.2) is 0 Å². The minimum absolute atomic E-state index is 0.0407. The van der Waals surface area contributed by atoms with Crippen LogP contribution in [-0.2, 0) is 9.59 Å². The Morgan fingerprint density at radius 3 is 2.45 bits per heavy atom. The van der Waals surface area contributed by atoms with E-state index in [2.05, 4.69) is 24.5 Å². The van der Waals surface area contributed by atoms with Gasteiger partial charge in [0, 0.05) is 28.4 Å². The predicted octanol–water partition coefficient (Wildman–Crippen LogP) is 7.78. The van der Waals surface area contributed by atoms with Gasteiger partial charge in [-0.3, -0.25) is 4.79 Å². The number of allylic oxidation sites excluding steroid dienone is 1. The molecule has 5 heteroatoms. The van der Waals surface area contributed by atoms with Crippen molar-refractivity contribution in [2.45, 2.75) is 70.9 Å². The number of amides is 1. The Hall–Kier alpha value is -2.10. The Morgan fingerprint density at radius 2 is 1.88 bits per heavy atom. The summed E-state index contributed by atoms with van der Waals surface area (Å²) in [6, 6.07) is 15.5. The monoisotopic (exact) mass is 485 g/mol. The van der Waals surface area contributed by atoms with Crippen molar-refractivity contribution in [3.8, 4) is 0 Å². The van der Waals surface area contributed by atoms with Gasteiger partial charge in [0.1, 0.15) is 5.78 Å². The number of hydrogen-bond donors (Lipinski definition) is 0. The van der Waals surface area contributed by atoms with Crippen LogP contribution in [-0.4, -0.2) is 22.6 Å². The highest BCUT2D eigenvalue weighted by molar-refractivity contribution is 6.30. The number of benzene rings is 2. The molecular weight excluding hydrogens is 453 g/mol. The molecule has 176 valence electrons. The maximum Gasteiger partial charge on any atom is 0.229 e. The van der Waals surface area contributed by atoms with Crippen LogP contribution in [0.5, 0.6) is 0 Å². The van der Waals surface area contributed by atoms with E-state index in [-0.39, 0.29) is 29.7 Å². The van der Waals surface area contributed by atoms with Crippen molar-refractivity contribution in [2.75, 3.05) is 0 Å². The summed E-state index contributed by atoms with van der Waals surface area (Å²) in [5, 5.41) is 1.34. The zero-order chi connectivity index (χ0) is 24.2. The van der Waals surface area contributed by atoms with E-state index in [0.29, 0.717) is 35.7 Å². The van der Waals surface area contributed by atoms with Crippen LogP contribution in [0.25, 0.3) is 0 Å². The number of halogens is 2. The van der Waals surface area contributed by atoms with Gasteiger partial charge in [-0.2, -0.15) is 0 Å². The van der Waals surface area contributed by atoms with Crippen LogP contribution in [0.1, 0.15) is 76.0 Å². The molecule has 1 amide bonds. The highest BCUT2D eigenvalue weighted by Crippen LogP contribution is 2.52. The van der Waals surface area contributed by atoms with Crippen LogP contribution in [0.4, 0.5) is 0 Å². The first-order chi connectivity index (χ1) is 15.7. The van der Waals surface area contributed by atoms with Crippen LogP contribution >= 0.6 is 23.2 Å². The normalized spacial score (nSPS) is 23.9. The molecule has 0 radical (unpaired) electrons. The lowest BCUT2D eigenvalue weighted by atomic mass is 9.67. The van der Waals surface area contributed by atoms with Crippen LogP contribution in [0.15, 0.2) is 61.2 Å². The van der Waals surface area contributed by atoms with Gasteiger partial charge in [-0.25, -0.2) is 0 Å². The molecule has 2 unspecified atom stereocenters. The van der Waals surface area contributed by atoms with Gasteiger partial charge in [-0.05, 0) is 68.0 Å². The molecule has 4 atom stereocenters. The molecule has 2 aromatic rings. The first-order valence-corrected chi connectivity index (χ1v) is 12.4. The summed E-state index contributed by atoms with van der Waals surface area (Å²) in [5.41, 5.74) is 1.57. The largest absolute Gasteiger partial charge is 0.332 e. The third-order valence-corrected chi connectivity index (χ3v) is 7.37. The number of carbonyl (C=O) groups is 2. The molecule has 0 aliphatic carbocycles. The van der Waals surface area contributed by atoms with Crippen molar-refractivity contribution >= 4 is 34.9 Å². The zero-order valence-corrected chi connectivity index (χ0v) is 21.2. The number of rotatable bonds is 9. The lowest BCUT2D eigenvalue weighted by Crippen LogP contribution is -2.55. The fraction of sp³-hybridized carbons (Fsp3) is 0.429. The highest BCUT2D eigenvalue weighted by Gasteiger charge is 2.50. The van der Waals surface area contributed by atoms with Crippen molar-refractivity contribution in [1.29, 1.82) is 0 Å². The minimum atomic E-state index is -0.582. The van der Waals surface area contributed by atoms with Gasteiger partial charge in [0.05, 0.1) is 11.5 Å². The summed E-state index contributed by atoms with van der Waals surface area (Å²) in [4.78, 5) is 28.0. The average molecular weight is 486 g/mol. The van der Waals surface area contributed by atoms with E-state index in [1.165, 1.54) is 0 Å². The number of likely N-dealkylation sites (tertiary alicyclic amines) is 1. The smallest absolute Gasteiger partial charge is 0.229 e. The van der Waals surface area contributed by atoms with Crippen LogP contribution in [0, 0.1) is 5.41 Å². The third-order valence-electron chi connectivity index (χ3n) is 6.88. The molecule has 1 fully saturated rings. The van der Waals surface area contributed by atoms with Crippen molar-refractivity contribution in [3.63, 3.8) is 0 Å². The first-order valence-electron chi connectivity index (χ1n) is 11.6. The quantitative estimate of drug-likeness (QED) is 0.340. The Labute approximate surface area is 207 Å². The Bertz CT molecular complexity index is 1000. The van der Waals surface area contributed by atoms with Gasteiger partial charge in [-0.1, -0.05) is 67.4 Å². The topological polar surface area (TPSA) is 37.4 Å². The number of ketones is 1. The van der Waals surface area contributed by atoms with E-state index in [1.807, 2.05) is 55.5 Å². The van der Waals surface area contributed by atoms with E-state index in [0.717, 1.165) is 17.5 Å². The lowest BCUT2D eigenvalue weighted by Gasteiger charge is -2.52. The third kappa shape index (κ3) is 5.70. The van der Waals surface area contributed by atoms with Crippen LogP contribution < -0.4 is 0 Å². The van der Waals surface area contributed by atoms with Gasteiger partial charge in [0.2, 0.25) is 5.91 Å². The molecule has 0 bridgehead atoms. The van der Waals surface area contributed by atoms with E-state index in [1.54, 1.807) is 6.92 Å². The average Bonchev–Trinajstić information content (AvgIpc) is 2.77. The lowest BCUT2D eigenvalue weighted by molar-refractivity contribution is -0.155. The SMILES string of the molecule is C=CC[C@@]1(C)CC(c2cccc(Cl)c2)C(c2ccc(Cl)cc2)N([C@@H](CC)CCC(C)=O)C1=O. The van der Waals surface area contributed by atoms with E-state index in [9.17, 15) is 9.59 Å². The molecule has 0 saturated carbocycles. The molecule has 1 saturated heterocycles. The van der Waals surface area contributed by atoms with Gasteiger partial charge in [0.25, 0.3) is 0 Å². The number of hydrogen-bond acceptors (Lipinski definition) is 2. The summed E-state index contributed by atoms with van der Waals surface area (Å²) in [6.45, 7) is 9.67. The van der Waals surface area contributed by atoms with Crippen molar-refractivity contribution in [2.24, 2.45) is 5.41 Å². The second-order valence-electron chi connectivity index (χ2n) is 9.43. The fourth-order valence-corrected chi connectivity index (χ4v) is 5.52. The van der Waals surface area contributed by atoms with E-state index >= 15 is 0 Å². The molecule has 0 N–H and O–H groups in total. The van der Waals surface area contributed by atoms with Gasteiger partial charge >= 0.3 is 0 Å². The Morgan fingerprint density at radius 1 is 1.18 bits per heavy atom. The molecule has 0 spiro atoms. The summed E-state index contributed by atoms with van der Waals surface area (Å²) in [7, 11) is 0. The minimum Gasteiger partial charge on any atom is -0.332 e. The number of Topliss-reactive ketones (excluding diaryl/α,β-unsaturated/α-hetero) is 1. The standard InChI is InChI=1S/C28H33Cl2NO2/c1-5-16-28(4)18-25(21-8-7-9-23(30)17-21)26(20-11-13-22(29)14-12-20)31(27(28)33)24(6-2)15-10-19(3)32/h5,7-9,11-14,17,24-26H,1,6,10,15-16,18H2,2-4H3/t24-,25?,26?,28-/m0/s1. The summed E-state index contributed by atoms with van der Waals surface area (Å²) >= 11 is 12.6. The van der Waals surface area contributed by atoms with E-state index < -0.39 is 5.41 Å². The zero-order valence-electron chi connectivity index (χ0n) is 19.7. The molecule has 1 aliphatic rings. The van der Waals surface area contributed by atoms with Crippen molar-refractivity contribution < 1.29 is 9.59 Å². The van der Waals surface area contributed by atoms with Gasteiger partial charge < -0.3 is 9.69 Å². The molecule has 33 heavy (non-hydrogen) atoms. The molecule has 1 heterocycles. The molecule has 1 aliphatic heterocycles. The summed E-state index contributed by atoms with van der Waals surface area (Å²) < 4.78 is 0.